The molecule has 1 aromatic rings. The predicted octanol–water partition coefficient (Wildman–Crippen LogP) is 3.16. The number of hydrogen-bond acceptors (Lipinski definition) is 2. The second-order valence-corrected chi connectivity index (χ2v) is 6.64. The van der Waals surface area contributed by atoms with Gasteiger partial charge in [0.1, 0.15) is 0 Å². The molecule has 1 aliphatic carbocycles. The number of nitrogens with zero attached hydrogens (tertiary/aromatic N) is 2. The molecule has 0 spiro atoms. The SMILES string of the molecule is CCNC(CCc1ccnn1C)C1CCCC1(C)C. The summed E-state index contributed by atoms with van der Waals surface area (Å²) in [5.41, 5.74) is 1.85. The number of hydrogen-bond donors (Lipinski definition) is 1. The maximum absolute atomic E-state index is 4.26. The van der Waals surface area contributed by atoms with Crippen molar-refractivity contribution >= 4 is 0 Å². The molecule has 0 saturated heterocycles. The van der Waals surface area contributed by atoms with E-state index in [2.05, 4.69) is 37.3 Å². The third-order valence-corrected chi connectivity index (χ3v) is 4.93. The summed E-state index contributed by atoms with van der Waals surface area (Å²) in [4.78, 5) is 0. The molecule has 2 atom stereocenters. The summed E-state index contributed by atoms with van der Waals surface area (Å²) >= 11 is 0. The zero-order chi connectivity index (χ0) is 13.9. The van der Waals surface area contributed by atoms with Crippen molar-refractivity contribution in [3.05, 3.63) is 18.0 Å². The summed E-state index contributed by atoms with van der Waals surface area (Å²) in [6.45, 7) is 8.18. The molecule has 2 unspecified atom stereocenters. The van der Waals surface area contributed by atoms with E-state index in [1.807, 2.05) is 17.9 Å². The molecule has 19 heavy (non-hydrogen) atoms. The fourth-order valence-electron chi connectivity index (χ4n) is 3.76. The first-order valence-corrected chi connectivity index (χ1v) is 7.75. The normalized spacial score (nSPS) is 23.7. The van der Waals surface area contributed by atoms with Crippen LogP contribution in [0.2, 0.25) is 0 Å². The molecule has 1 aliphatic rings. The standard InChI is InChI=1S/C16H29N3/c1-5-17-15(14-7-6-11-16(14,2)3)9-8-13-10-12-18-19(13)4/h10,12,14-15,17H,5-9,11H2,1-4H3. The fraction of sp³-hybridized carbons (Fsp3) is 0.812. The lowest BCUT2D eigenvalue weighted by Crippen LogP contribution is -2.41. The number of rotatable bonds is 6. The van der Waals surface area contributed by atoms with E-state index in [0.717, 1.165) is 18.9 Å². The number of nitrogens with one attached hydrogen (secondary N) is 1. The lowest BCUT2D eigenvalue weighted by atomic mass is 9.76. The summed E-state index contributed by atoms with van der Waals surface area (Å²) in [5.74, 6) is 0.820. The molecule has 1 aromatic heterocycles. The summed E-state index contributed by atoms with van der Waals surface area (Å²) in [6, 6.07) is 2.79. The third-order valence-electron chi connectivity index (χ3n) is 4.93. The second-order valence-electron chi connectivity index (χ2n) is 6.64. The Hall–Kier alpha value is -0.830. The first-order valence-electron chi connectivity index (χ1n) is 7.75. The quantitative estimate of drug-likeness (QED) is 0.854. The highest BCUT2D eigenvalue weighted by Gasteiger charge is 2.38. The highest BCUT2D eigenvalue weighted by molar-refractivity contribution is 5.02. The molecular formula is C16H29N3. The van der Waals surface area contributed by atoms with Gasteiger partial charge in [0.2, 0.25) is 0 Å². The van der Waals surface area contributed by atoms with Crippen molar-refractivity contribution in [1.82, 2.24) is 15.1 Å². The molecule has 1 saturated carbocycles. The molecule has 0 amide bonds. The minimum Gasteiger partial charge on any atom is -0.314 e. The Bertz CT molecular complexity index is 394. The Morgan fingerprint density at radius 3 is 2.84 bits per heavy atom. The molecule has 3 nitrogen and oxygen atoms in total. The number of aromatic nitrogens is 2. The van der Waals surface area contributed by atoms with Gasteiger partial charge in [-0.2, -0.15) is 5.10 Å². The monoisotopic (exact) mass is 263 g/mol. The van der Waals surface area contributed by atoms with Gasteiger partial charge < -0.3 is 5.32 Å². The van der Waals surface area contributed by atoms with Crippen LogP contribution in [0.15, 0.2) is 12.3 Å². The van der Waals surface area contributed by atoms with Crippen LogP contribution in [-0.2, 0) is 13.5 Å². The van der Waals surface area contributed by atoms with Crippen LogP contribution in [0, 0.1) is 11.3 Å². The summed E-state index contributed by atoms with van der Waals surface area (Å²) < 4.78 is 2.00. The van der Waals surface area contributed by atoms with Gasteiger partial charge in [0, 0.05) is 25.0 Å². The molecule has 0 aliphatic heterocycles. The van der Waals surface area contributed by atoms with Crippen molar-refractivity contribution in [3.63, 3.8) is 0 Å². The molecule has 1 N–H and O–H groups in total. The molecular weight excluding hydrogens is 234 g/mol. The van der Waals surface area contributed by atoms with E-state index in [-0.39, 0.29) is 0 Å². The third kappa shape index (κ3) is 3.38. The zero-order valence-corrected chi connectivity index (χ0v) is 12.9. The minimum atomic E-state index is 0.499. The predicted molar refractivity (Wildman–Crippen MR) is 80.1 cm³/mol. The van der Waals surface area contributed by atoms with Crippen molar-refractivity contribution < 1.29 is 0 Å². The van der Waals surface area contributed by atoms with Crippen LogP contribution in [0.4, 0.5) is 0 Å². The smallest absolute Gasteiger partial charge is 0.0492 e. The Morgan fingerprint density at radius 1 is 1.53 bits per heavy atom. The van der Waals surface area contributed by atoms with Crippen molar-refractivity contribution in [3.8, 4) is 0 Å². The maximum atomic E-state index is 4.26. The first-order chi connectivity index (χ1) is 9.04. The Labute approximate surface area is 117 Å². The van der Waals surface area contributed by atoms with Gasteiger partial charge in [-0.25, -0.2) is 0 Å². The topological polar surface area (TPSA) is 29.9 Å². The lowest BCUT2D eigenvalue weighted by Gasteiger charge is -2.35. The van der Waals surface area contributed by atoms with Gasteiger partial charge >= 0.3 is 0 Å². The van der Waals surface area contributed by atoms with E-state index >= 15 is 0 Å². The maximum Gasteiger partial charge on any atom is 0.0492 e. The van der Waals surface area contributed by atoms with Crippen molar-refractivity contribution in [1.29, 1.82) is 0 Å². The van der Waals surface area contributed by atoms with E-state index in [4.69, 9.17) is 0 Å². The minimum absolute atomic E-state index is 0.499. The van der Waals surface area contributed by atoms with Crippen LogP contribution in [0.5, 0.6) is 0 Å². The second kappa shape index (κ2) is 6.08. The zero-order valence-electron chi connectivity index (χ0n) is 12.9. The van der Waals surface area contributed by atoms with Gasteiger partial charge in [0.05, 0.1) is 0 Å². The summed E-state index contributed by atoms with van der Waals surface area (Å²) in [6.07, 6.45) is 8.41. The van der Waals surface area contributed by atoms with Crippen LogP contribution in [0.3, 0.4) is 0 Å². The molecule has 3 heteroatoms. The Balaban J connectivity index is 1.98. The van der Waals surface area contributed by atoms with Crippen molar-refractivity contribution in [2.75, 3.05) is 6.54 Å². The van der Waals surface area contributed by atoms with Crippen LogP contribution in [0.1, 0.15) is 52.1 Å². The Kier molecular flexibility index (Phi) is 4.67. The molecule has 2 rings (SSSR count). The van der Waals surface area contributed by atoms with E-state index < -0.39 is 0 Å². The van der Waals surface area contributed by atoms with Crippen molar-refractivity contribution in [2.45, 2.75) is 58.9 Å². The van der Waals surface area contributed by atoms with E-state index in [1.165, 1.54) is 31.4 Å². The number of aryl methyl sites for hydroxylation is 2. The van der Waals surface area contributed by atoms with E-state index in [1.54, 1.807) is 0 Å². The van der Waals surface area contributed by atoms with Gasteiger partial charge in [0.25, 0.3) is 0 Å². The van der Waals surface area contributed by atoms with Crippen molar-refractivity contribution in [2.24, 2.45) is 18.4 Å². The van der Waals surface area contributed by atoms with Gasteiger partial charge in [0.15, 0.2) is 0 Å². The van der Waals surface area contributed by atoms with Crippen LogP contribution in [0.25, 0.3) is 0 Å². The molecule has 1 heterocycles. The van der Waals surface area contributed by atoms with Crippen LogP contribution in [-0.4, -0.2) is 22.4 Å². The largest absolute Gasteiger partial charge is 0.314 e. The molecule has 108 valence electrons. The van der Waals surface area contributed by atoms with Crippen LogP contribution < -0.4 is 5.32 Å². The molecule has 0 radical (unpaired) electrons. The summed E-state index contributed by atoms with van der Waals surface area (Å²) in [7, 11) is 2.04. The van der Waals surface area contributed by atoms with Gasteiger partial charge in [-0.1, -0.05) is 27.2 Å². The van der Waals surface area contributed by atoms with E-state index in [9.17, 15) is 0 Å². The van der Waals surface area contributed by atoms with E-state index in [0.29, 0.717) is 11.5 Å². The fourth-order valence-corrected chi connectivity index (χ4v) is 3.76. The molecule has 0 aromatic carbocycles. The molecule has 1 fully saturated rings. The first kappa shape index (κ1) is 14.6. The lowest BCUT2D eigenvalue weighted by molar-refractivity contribution is 0.191. The highest BCUT2D eigenvalue weighted by Crippen LogP contribution is 2.45. The van der Waals surface area contributed by atoms with Gasteiger partial charge in [-0.3, -0.25) is 4.68 Å². The Morgan fingerprint density at radius 2 is 2.32 bits per heavy atom. The van der Waals surface area contributed by atoms with Crippen LogP contribution >= 0.6 is 0 Å². The van der Waals surface area contributed by atoms with Gasteiger partial charge in [-0.05, 0) is 49.6 Å². The molecule has 0 bridgehead atoms. The highest BCUT2D eigenvalue weighted by atomic mass is 15.2. The average Bonchev–Trinajstić information content (AvgIpc) is 2.91. The summed E-state index contributed by atoms with van der Waals surface area (Å²) in [5, 5.41) is 8.00. The average molecular weight is 263 g/mol. The van der Waals surface area contributed by atoms with Gasteiger partial charge in [-0.15, -0.1) is 0 Å².